The highest BCUT2D eigenvalue weighted by Gasteiger charge is 2.34. The van der Waals surface area contributed by atoms with E-state index in [0.717, 1.165) is 15.6 Å². The molecular weight excluding hydrogens is 206 g/mol. The van der Waals surface area contributed by atoms with Crippen molar-refractivity contribution in [3.05, 3.63) is 15.6 Å². The monoisotopic (exact) mass is 225 g/mol. The predicted molar refractivity (Wildman–Crippen MR) is 63.4 cm³/mol. The molecule has 1 aromatic heterocycles. The third-order valence-corrected chi connectivity index (χ3v) is 4.37. The van der Waals surface area contributed by atoms with Gasteiger partial charge >= 0.3 is 0 Å². The van der Waals surface area contributed by atoms with Crippen LogP contribution in [0.3, 0.4) is 0 Å². The lowest BCUT2D eigenvalue weighted by Crippen LogP contribution is -2.15. The molecule has 3 heteroatoms. The van der Waals surface area contributed by atoms with Crippen LogP contribution < -0.4 is 0 Å². The number of aromatic nitrogens is 1. The smallest absolute Gasteiger partial charge is 0.0957 e. The second kappa shape index (κ2) is 3.56. The SMILES string of the molecule is CC(C)c1nc(C2CC2)c(C(C)(C)O)s1. The molecule has 0 bridgehead atoms. The topological polar surface area (TPSA) is 33.1 Å². The maximum Gasteiger partial charge on any atom is 0.0957 e. The van der Waals surface area contributed by atoms with E-state index in [1.165, 1.54) is 12.8 Å². The van der Waals surface area contributed by atoms with Gasteiger partial charge in [-0.05, 0) is 26.7 Å². The van der Waals surface area contributed by atoms with Crippen LogP contribution in [0, 0.1) is 0 Å². The summed E-state index contributed by atoms with van der Waals surface area (Å²) >= 11 is 1.68. The van der Waals surface area contributed by atoms with E-state index in [4.69, 9.17) is 4.98 Å². The zero-order valence-electron chi connectivity index (χ0n) is 9.87. The lowest BCUT2D eigenvalue weighted by Gasteiger charge is -2.16. The molecule has 1 saturated carbocycles. The van der Waals surface area contributed by atoms with Crippen LogP contribution in [0.15, 0.2) is 0 Å². The van der Waals surface area contributed by atoms with Crippen molar-refractivity contribution in [1.82, 2.24) is 4.98 Å². The average molecular weight is 225 g/mol. The molecule has 1 aliphatic carbocycles. The summed E-state index contributed by atoms with van der Waals surface area (Å²) in [6, 6.07) is 0. The van der Waals surface area contributed by atoms with Crippen LogP contribution in [-0.2, 0) is 5.60 Å². The molecule has 84 valence electrons. The minimum atomic E-state index is -0.733. The molecule has 2 nitrogen and oxygen atoms in total. The summed E-state index contributed by atoms with van der Waals surface area (Å²) in [5.74, 6) is 1.08. The first-order chi connectivity index (χ1) is 6.89. The molecule has 2 rings (SSSR count). The molecule has 0 aliphatic heterocycles. The molecule has 0 radical (unpaired) electrons. The lowest BCUT2D eigenvalue weighted by molar-refractivity contribution is 0.0813. The largest absolute Gasteiger partial charge is 0.385 e. The second-order valence-electron chi connectivity index (χ2n) is 5.25. The summed E-state index contributed by atoms with van der Waals surface area (Å²) in [5.41, 5.74) is 0.430. The van der Waals surface area contributed by atoms with E-state index in [-0.39, 0.29) is 0 Å². The Morgan fingerprint density at radius 3 is 2.40 bits per heavy atom. The highest BCUT2D eigenvalue weighted by atomic mass is 32.1. The number of aliphatic hydroxyl groups is 1. The van der Waals surface area contributed by atoms with Gasteiger partial charge in [0.15, 0.2) is 0 Å². The quantitative estimate of drug-likeness (QED) is 0.855. The van der Waals surface area contributed by atoms with Crippen LogP contribution in [0.25, 0.3) is 0 Å². The maximum absolute atomic E-state index is 10.1. The Kier molecular flexibility index (Phi) is 2.63. The molecule has 0 aromatic carbocycles. The molecule has 1 aromatic rings. The zero-order chi connectivity index (χ0) is 11.2. The van der Waals surface area contributed by atoms with Crippen molar-refractivity contribution in [2.45, 2.75) is 58.0 Å². The highest BCUT2D eigenvalue weighted by molar-refractivity contribution is 7.12. The molecular formula is C12H19NOS. The van der Waals surface area contributed by atoms with E-state index >= 15 is 0 Å². The van der Waals surface area contributed by atoms with E-state index in [1.807, 2.05) is 13.8 Å². The van der Waals surface area contributed by atoms with Gasteiger partial charge in [-0.3, -0.25) is 0 Å². The highest BCUT2D eigenvalue weighted by Crippen LogP contribution is 2.46. The minimum absolute atomic E-state index is 0.462. The van der Waals surface area contributed by atoms with Gasteiger partial charge < -0.3 is 5.11 Å². The standard InChI is InChI=1S/C12H19NOS/c1-7(2)11-13-9(8-5-6-8)10(15-11)12(3,4)14/h7-8,14H,5-6H2,1-4H3. The Morgan fingerprint density at radius 1 is 1.40 bits per heavy atom. The van der Waals surface area contributed by atoms with Crippen molar-refractivity contribution < 1.29 is 5.11 Å². The van der Waals surface area contributed by atoms with E-state index < -0.39 is 5.60 Å². The fourth-order valence-corrected chi connectivity index (χ4v) is 2.82. The van der Waals surface area contributed by atoms with Gasteiger partial charge in [0.2, 0.25) is 0 Å². The molecule has 0 atom stereocenters. The summed E-state index contributed by atoms with van der Waals surface area (Å²) in [7, 11) is 0. The molecule has 0 saturated heterocycles. The number of hydrogen-bond donors (Lipinski definition) is 1. The molecule has 1 heterocycles. The molecule has 1 N–H and O–H groups in total. The first-order valence-electron chi connectivity index (χ1n) is 5.63. The molecule has 0 amide bonds. The van der Waals surface area contributed by atoms with Crippen LogP contribution in [0.4, 0.5) is 0 Å². The third-order valence-electron chi connectivity index (χ3n) is 2.68. The predicted octanol–water partition coefficient (Wildman–Crippen LogP) is 3.37. The first-order valence-corrected chi connectivity index (χ1v) is 6.44. The molecule has 1 fully saturated rings. The van der Waals surface area contributed by atoms with Crippen molar-refractivity contribution in [3.8, 4) is 0 Å². The Bertz CT molecular complexity index is 358. The van der Waals surface area contributed by atoms with E-state index in [9.17, 15) is 5.11 Å². The fourth-order valence-electron chi connectivity index (χ4n) is 1.67. The maximum atomic E-state index is 10.1. The van der Waals surface area contributed by atoms with Crippen LogP contribution in [0.1, 0.15) is 68.0 Å². The molecule has 1 aliphatic rings. The number of thiazole rings is 1. The van der Waals surface area contributed by atoms with Gasteiger partial charge in [0.25, 0.3) is 0 Å². The fraction of sp³-hybridized carbons (Fsp3) is 0.750. The Hall–Kier alpha value is -0.410. The van der Waals surface area contributed by atoms with Crippen LogP contribution in [-0.4, -0.2) is 10.1 Å². The van der Waals surface area contributed by atoms with Crippen LogP contribution >= 0.6 is 11.3 Å². The Morgan fingerprint density at radius 2 is 2.00 bits per heavy atom. The summed E-state index contributed by atoms with van der Waals surface area (Å²) in [6.07, 6.45) is 2.48. The first kappa shape index (κ1) is 11.1. The van der Waals surface area contributed by atoms with Gasteiger partial charge in [0.05, 0.1) is 21.2 Å². The van der Waals surface area contributed by atoms with E-state index in [1.54, 1.807) is 11.3 Å². The van der Waals surface area contributed by atoms with Gasteiger partial charge in [-0.2, -0.15) is 0 Å². The number of hydrogen-bond acceptors (Lipinski definition) is 3. The van der Waals surface area contributed by atoms with Crippen molar-refractivity contribution in [1.29, 1.82) is 0 Å². The van der Waals surface area contributed by atoms with Crippen molar-refractivity contribution in [2.24, 2.45) is 0 Å². The van der Waals surface area contributed by atoms with Gasteiger partial charge in [-0.15, -0.1) is 11.3 Å². The summed E-state index contributed by atoms with van der Waals surface area (Å²) in [4.78, 5) is 5.77. The van der Waals surface area contributed by atoms with Crippen molar-refractivity contribution >= 4 is 11.3 Å². The Labute approximate surface area is 95.4 Å². The van der Waals surface area contributed by atoms with Crippen molar-refractivity contribution in [2.75, 3.05) is 0 Å². The Balaban J connectivity index is 2.42. The summed E-state index contributed by atoms with van der Waals surface area (Å²) in [6.45, 7) is 8.03. The van der Waals surface area contributed by atoms with Gasteiger partial charge in [-0.25, -0.2) is 4.98 Å². The van der Waals surface area contributed by atoms with E-state index in [2.05, 4.69) is 13.8 Å². The van der Waals surface area contributed by atoms with Crippen LogP contribution in [0.2, 0.25) is 0 Å². The van der Waals surface area contributed by atoms with Crippen molar-refractivity contribution in [3.63, 3.8) is 0 Å². The molecule has 15 heavy (non-hydrogen) atoms. The zero-order valence-corrected chi connectivity index (χ0v) is 10.7. The number of nitrogens with zero attached hydrogens (tertiary/aromatic N) is 1. The molecule has 0 spiro atoms. The van der Waals surface area contributed by atoms with E-state index in [0.29, 0.717) is 11.8 Å². The van der Waals surface area contributed by atoms with Gasteiger partial charge in [0.1, 0.15) is 0 Å². The third kappa shape index (κ3) is 2.23. The van der Waals surface area contributed by atoms with Gasteiger partial charge in [0, 0.05) is 11.8 Å². The van der Waals surface area contributed by atoms with Crippen LogP contribution in [0.5, 0.6) is 0 Å². The number of rotatable bonds is 3. The average Bonchev–Trinajstić information content (AvgIpc) is 2.81. The lowest BCUT2D eigenvalue weighted by atomic mass is 10.0. The molecule has 0 unspecified atom stereocenters. The summed E-state index contributed by atoms with van der Waals surface area (Å²) < 4.78 is 0. The van der Waals surface area contributed by atoms with Gasteiger partial charge in [-0.1, -0.05) is 13.8 Å². The summed E-state index contributed by atoms with van der Waals surface area (Å²) in [5, 5.41) is 11.3. The normalized spacial score (nSPS) is 17.5. The second-order valence-corrected chi connectivity index (χ2v) is 6.29. The minimum Gasteiger partial charge on any atom is -0.385 e.